The monoisotopic (exact) mass is 450 g/mol. The van der Waals surface area contributed by atoms with Crippen molar-refractivity contribution >= 4 is 34.8 Å². The highest BCUT2D eigenvalue weighted by Gasteiger charge is 2.25. The lowest BCUT2D eigenvalue weighted by atomic mass is 10.1. The molecule has 0 aromatic heterocycles. The maximum atomic E-state index is 12.5. The Labute approximate surface area is 191 Å². The Morgan fingerprint density at radius 3 is 2.72 bits per heavy atom. The van der Waals surface area contributed by atoms with E-state index in [4.69, 9.17) is 21.1 Å². The summed E-state index contributed by atoms with van der Waals surface area (Å²) in [6, 6.07) is 19.8. The number of benzene rings is 3. The van der Waals surface area contributed by atoms with Gasteiger partial charge in [-0.3, -0.25) is 9.59 Å². The molecule has 0 fully saturated rings. The van der Waals surface area contributed by atoms with Gasteiger partial charge in [0.1, 0.15) is 11.5 Å². The number of nitrogens with zero attached hydrogens (tertiary/aromatic N) is 1. The molecule has 3 aromatic rings. The maximum Gasteiger partial charge on any atom is 0.265 e. The van der Waals surface area contributed by atoms with Crippen LogP contribution in [0.25, 0.3) is 0 Å². The summed E-state index contributed by atoms with van der Waals surface area (Å²) >= 11 is 5.98. The van der Waals surface area contributed by atoms with Crippen molar-refractivity contribution in [1.29, 1.82) is 0 Å². The van der Waals surface area contributed by atoms with Crippen LogP contribution >= 0.6 is 11.6 Å². The third kappa shape index (κ3) is 5.21. The van der Waals surface area contributed by atoms with Gasteiger partial charge in [0.05, 0.1) is 12.3 Å². The van der Waals surface area contributed by atoms with Crippen LogP contribution in [0.15, 0.2) is 66.7 Å². The van der Waals surface area contributed by atoms with E-state index in [-0.39, 0.29) is 18.4 Å². The van der Waals surface area contributed by atoms with Gasteiger partial charge in [-0.15, -0.1) is 0 Å². The topological polar surface area (TPSA) is 67.9 Å². The van der Waals surface area contributed by atoms with Crippen LogP contribution in [-0.2, 0) is 4.79 Å². The molecule has 0 bridgehead atoms. The minimum Gasteiger partial charge on any atom is -0.494 e. The lowest BCUT2D eigenvalue weighted by molar-refractivity contribution is -0.121. The van der Waals surface area contributed by atoms with Crippen molar-refractivity contribution in [3.8, 4) is 11.5 Å². The fourth-order valence-corrected chi connectivity index (χ4v) is 3.60. The van der Waals surface area contributed by atoms with Gasteiger partial charge < -0.3 is 19.7 Å². The molecule has 0 saturated heterocycles. The van der Waals surface area contributed by atoms with E-state index >= 15 is 0 Å². The van der Waals surface area contributed by atoms with Crippen LogP contribution in [0.1, 0.15) is 22.3 Å². The predicted octanol–water partition coefficient (Wildman–Crippen LogP) is 5.10. The van der Waals surface area contributed by atoms with E-state index in [0.29, 0.717) is 47.3 Å². The smallest absolute Gasteiger partial charge is 0.265 e. The number of ether oxygens (including phenoxy) is 2. The molecule has 2 amide bonds. The number of fused-ring (bicyclic) bond motifs is 1. The molecule has 0 aliphatic carbocycles. The summed E-state index contributed by atoms with van der Waals surface area (Å²) < 4.78 is 11.3. The molecule has 0 spiro atoms. The van der Waals surface area contributed by atoms with Crippen LogP contribution in [0.2, 0.25) is 5.02 Å². The standard InChI is InChI=1S/C25H23ClN2O4/c1-17-6-9-21(10-7-17)31-13-3-12-28-22-15-20(8-11-23(22)32-16-24(28)29)27-25(30)18-4-2-5-19(26)14-18/h2,4-11,14-15H,3,12-13,16H2,1H3,(H,27,30). The fraction of sp³-hybridized carbons (Fsp3) is 0.200. The normalized spacial score (nSPS) is 12.7. The minimum absolute atomic E-state index is 0.0138. The molecular weight excluding hydrogens is 428 g/mol. The quantitative estimate of drug-likeness (QED) is 0.509. The molecule has 0 saturated carbocycles. The lowest BCUT2D eigenvalue weighted by Crippen LogP contribution is -2.39. The van der Waals surface area contributed by atoms with Crippen LogP contribution in [0.4, 0.5) is 11.4 Å². The number of aryl methyl sites for hydroxylation is 1. The van der Waals surface area contributed by atoms with E-state index < -0.39 is 0 Å². The average molecular weight is 451 g/mol. The third-order valence-electron chi connectivity index (χ3n) is 5.06. The van der Waals surface area contributed by atoms with E-state index in [1.807, 2.05) is 31.2 Å². The van der Waals surface area contributed by atoms with Crippen molar-refractivity contribution in [2.24, 2.45) is 0 Å². The van der Waals surface area contributed by atoms with Crippen molar-refractivity contribution in [2.75, 3.05) is 30.0 Å². The number of halogens is 1. The molecule has 1 N–H and O–H groups in total. The van der Waals surface area contributed by atoms with E-state index in [0.717, 1.165) is 5.75 Å². The van der Waals surface area contributed by atoms with Gasteiger partial charge >= 0.3 is 0 Å². The second-order valence-electron chi connectivity index (χ2n) is 7.50. The SMILES string of the molecule is Cc1ccc(OCCCN2C(=O)COc3ccc(NC(=O)c4cccc(Cl)c4)cc32)cc1. The van der Waals surface area contributed by atoms with E-state index in [9.17, 15) is 9.59 Å². The average Bonchev–Trinajstić information content (AvgIpc) is 2.79. The van der Waals surface area contributed by atoms with Crippen molar-refractivity contribution in [3.63, 3.8) is 0 Å². The van der Waals surface area contributed by atoms with Gasteiger partial charge in [0.25, 0.3) is 11.8 Å². The number of nitrogens with one attached hydrogen (secondary N) is 1. The van der Waals surface area contributed by atoms with Crippen LogP contribution in [0.5, 0.6) is 11.5 Å². The van der Waals surface area contributed by atoms with Crippen LogP contribution in [-0.4, -0.2) is 31.6 Å². The zero-order valence-electron chi connectivity index (χ0n) is 17.6. The maximum absolute atomic E-state index is 12.5. The molecule has 3 aromatic carbocycles. The zero-order chi connectivity index (χ0) is 22.5. The summed E-state index contributed by atoms with van der Waals surface area (Å²) in [4.78, 5) is 26.7. The number of hydrogen-bond acceptors (Lipinski definition) is 4. The third-order valence-corrected chi connectivity index (χ3v) is 5.30. The van der Waals surface area contributed by atoms with Crippen LogP contribution in [0.3, 0.4) is 0 Å². The van der Waals surface area contributed by atoms with Crippen LogP contribution < -0.4 is 19.7 Å². The lowest BCUT2D eigenvalue weighted by Gasteiger charge is -2.30. The van der Waals surface area contributed by atoms with Gasteiger partial charge in [-0.25, -0.2) is 0 Å². The second-order valence-corrected chi connectivity index (χ2v) is 7.93. The summed E-state index contributed by atoms with van der Waals surface area (Å²) in [5, 5.41) is 3.34. The molecule has 6 nitrogen and oxygen atoms in total. The van der Waals surface area contributed by atoms with Gasteiger partial charge in [0, 0.05) is 22.8 Å². The highest BCUT2D eigenvalue weighted by atomic mass is 35.5. The van der Waals surface area contributed by atoms with E-state index in [2.05, 4.69) is 5.32 Å². The number of amides is 2. The summed E-state index contributed by atoms with van der Waals surface area (Å²) in [6.07, 6.45) is 0.651. The van der Waals surface area contributed by atoms with Gasteiger partial charge in [-0.05, 0) is 61.9 Å². The van der Waals surface area contributed by atoms with Crippen LogP contribution in [0, 0.1) is 6.92 Å². The molecule has 7 heteroatoms. The summed E-state index contributed by atoms with van der Waals surface area (Å²) in [5.74, 6) is 0.986. The molecule has 1 aliphatic heterocycles. The first-order chi connectivity index (χ1) is 15.5. The Morgan fingerprint density at radius 2 is 1.94 bits per heavy atom. The molecule has 1 aliphatic rings. The zero-order valence-corrected chi connectivity index (χ0v) is 18.4. The largest absolute Gasteiger partial charge is 0.494 e. The first-order valence-corrected chi connectivity index (χ1v) is 10.7. The number of carbonyl (C=O) groups is 2. The Bertz CT molecular complexity index is 1130. The van der Waals surface area contributed by atoms with E-state index in [1.54, 1.807) is 47.4 Å². The minimum atomic E-state index is -0.284. The molecule has 32 heavy (non-hydrogen) atoms. The molecule has 0 atom stereocenters. The highest BCUT2D eigenvalue weighted by molar-refractivity contribution is 6.31. The fourth-order valence-electron chi connectivity index (χ4n) is 3.41. The summed E-state index contributed by atoms with van der Waals surface area (Å²) in [7, 11) is 0. The number of carbonyl (C=O) groups excluding carboxylic acids is 2. The Morgan fingerprint density at radius 1 is 1.12 bits per heavy atom. The Balaban J connectivity index is 1.42. The van der Waals surface area contributed by atoms with Crippen molar-refractivity contribution in [3.05, 3.63) is 82.9 Å². The second kappa shape index (κ2) is 9.75. The molecule has 4 rings (SSSR count). The summed E-state index contributed by atoms with van der Waals surface area (Å²) in [5.41, 5.74) is 2.81. The van der Waals surface area contributed by atoms with Gasteiger partial charge in [-0.1, -0.05) is 35.4 Å². The molecular formula is C25H23ClN2O4. The number of hydrogen-bond donors (Lipinski definition) is 1. The summed E-state index contributed by atoms with van der Waals surface area (Å²) in [6.45, 7) is 2.97. The Hall–Kier alpha value is -3.51. The van der Waals surface area contributed by atoms with Crippen molar-refractivity contribution < 1.29 is 19.1 Å². The number of anilines is 2. The van der Waals surface area contributed by atoms with Gasteiger partial charge in [0.15, 0.2) is 6.61 Å². The number of rotatable bonds is 7. The van der Waals surface area contributed by atoms with Crippen molar-refractivity contribution in [1.82, 2.24) is 0 Å². The van der Waals surface area contributed by atoms with Gasteiger partial charge in [0.2, 0.25) is 0 Å². The molecule has 0 unspecified atom stereocenters. The Kier molecular flexibility index (Phi) is 6.61. The van der Waals surface area contributed by atoms with Gasteiger partial charge in [-0.2, -0.15) is 0 Å². The highest BCUT2D eigenvalue weighted by Crippen LogP contribution is 2.35. The van der Waals surface area contributed by atoms with Crippen molar-refractivity contribution in [2.45, 2.75) is 13.3 Å². The van der Waals surface area contributed by atoms with E-state index in [1.165, 1.54) is 5.56 Å². The first kappa shape index (κ1) is 21.7. The molecule has 164 valence electrons. The molecule has 0 radical (unpaired) electrons. The predicted molar refractivity (Wildman–Crippen MR) is 125 cm³/mol. The first-order valence-electron chi connectivity index (χ1n) is 10.3. The molecule has 1 heterocycles.